The van der Waals surface area contributed by atoms with Crippen LogP contribution in [0.2, 0.25) is 0 Å². The van der Waals surface area contributed by atoms with Crippen LogP contribution >= 0.6 is 12.4 Å². The van der Waals surface area contributed by atoms with E-state index in [1.54, 1.807) is 11.9 Å². The number of likely N-dealkylation sites (N-methyl/N-ethyl adjacent to an activating group) is 1. The molecule has 2 rings (SSSR count). The molecule has 1 amide bonds. The number of sulfonamides is 1. The summed E-state index contributed by atoms with van der Waals surface area (Å²) in [7, 11) is -2.04. The van der Waals surface area contributed by atoms with Gasteiger partial charge in [0, 0.05) is 32.7 Å². The van der Waals surface area contributed by atoms with E-state index in [1.807, 2.05) is 6.92 Å². The number of hydrogen-bond donors (Lipinski definition) is 1. The third-order valence-corrected chi connectivity index (χ3v) is 6.41. The van der Waals surface area contributed by atoms with Crippen LogP contribution in [0.3, 0.4) is 0 Å². The highest BCUT2D eigenvalue weighted by molar-refractivity contribution is 7.89. The van der Waals surface area contributed by atoms with Crippen LogP contribution in [0.5, 0.6) is 0 Å². The molecule has 1 saturated heterocycles. The highest BCUT2D eigenvalue weighted by Crippen LogP contribution is 2.25. The van der Waals surface area contributed by atoms with Gasteiger partial charge in [0.25, 0.3) is 0 Å². The molecule has 6 nitrogen and oxygen atoms in total. The number of benzene rings is 1. The summed E-state index contributed by atoms with van der Waals surface area (Å²) >= 11 is 0. The van der Waals surface area contributed by atoms with Gasteiger partial charge in [0.05, 0.1) is 10.8 Å². The summed E-state index contributed by atoms with van der Waals surface area (Å²) in [6.45, 7) is 2.71. The van der Waals surface area contributed by atoms with E-state index in [0.717, 1.165) is 12.1 Å². The molecule has 25 heavy (non-hydrogen) atoms. The third kappa shape index (κ3) is 4.91. The van der Waals surface area contributed by atoms with Gasteiger partial charge in [-0.2, -0.15) is 4.31 Å². The molecule has 2 atom stereocenters. The number of rotatable bonds is 5. The normalized spacial score (nSPS) is 19.8. The van der Waals surface area contributed by atoms with Gasteiger partial charge in [0.1, 0.15) is 5.82 Å². The number of halogens is 2. The average Bonchev–Trinajstić information content (AvgIpc) is 2.60. The van der Waals surface area contributed by atoms with Crippen molar-refractivity contribution in [1.29, 1.82) is 0 Å². The molecule has 1 heterocycles. The van der Waals surface area contributed by atoms with Crippen LogP contribution in [0.1, 0.15) is 19.8 Å². The minimum atomic E-state index is -3.73. The van der Waals surface area contributed by atoms with Crippen molar-refractivity contribution in [3.63, 3.8) is 0 Å². The van der Waals surface area contributed by atoms with E-state index in [9.17, 15) is 17.6 Å². The summed E-state index contributed by atoms with van der Waals surface area (Å²) in [4.78, 5) is 14.2. The maximum Gasteiger partial charge on any atom is 0.243 e. The monoisotopic (exact) mass is 393 g/mol. The molecular formula is C16H25ClFN3O3S. The summed E-state index contributed by atoms with van der Waals surface area (Å²) in [5.41, 5.74) is 5.59. The van der Waals surface area contributed by atoms with Crippen molar-refractivity contribution in [2.45, 2.75) is 30.7 Å². The smallest absolute Gasteiger partial charge is 0.243 e. The zero-order valence-electron chi connectivity index (χ0n) is 14.4. The Morgan fingerprint density at radius 1 is 1.40 bits per heavy atom. The number of hydrogen-bond acceptors (Lipinski definition) is 4. The van der Waals surface area contributed by atoms with Crippen molar-refractivity contribution in [1.82, 2.24) is 9.21 Å². The van der Waals surface area contributed by atoms with Gasteiger partial charge < -0.3 is 10.6 Å². The van der Waals surface area contributed by atoms with E-state index in [-0.39, 0.29) is 41.7 Å². The van der Waals surface area contributed by atoms with Gasteiger partial charge in [-0.1, -0.05) is 0 Å². The first kappa shape index (κ1) is 21.8. The van der Waals surface area contributed by atoms with E-state index in [1.165, 1.54) is 16.4 Å². The van der Waals surface area contributed by atoms with E-state index >= 15 is 0 Å². The minimum Gasteiger partial charge on any atom is -0.342 e. The molecular weight excluding hydrogens is 369 g/mol. The quantitative estimate of drug-likeness (QED) is 0.820. The lowest BCUT2D eigenvalue weighted by molar-refractivity contribution is -0.137. The first-order valence-corrected chi connectivity index (χ1v) is 9.44. The van der Waals surface area contributed by atoms with Gasteiger partial charge in [-0.25, -0.2) is 12.8 Å². The summed E-state index contributed by atoms with van der Waals surface area (Å²) in [6, 6.07) is 4.64. The Labute approximate surface area is 154 Å². The molecule has 1 aliphatic rings. The molecule has 0 aliphatic carbocycles. The van der Waals surface area contributed by atoms with Crippen molar-refractivity contribution in [2.24, 2.45) is 11.7 Å². The molecule has 0 radical (unpaired) electrons. The van der Waals surface area contributed by atoms with E-state index < -0.39 is 15.8 Å². The highest BCUT2D eigenvalue weighted by Gasteiger charge is 2.35. The van der Waals surface area contributed by atoms with Crippen LogP contribution in [-0.4, -0.2) is 56.3 Å². The Bertz CT molecular complexity index is 684. The average molecular weight is 394 g/mol. The standard InChI is InChI=1S/C16H24FN3O3S.ClH/c1-12(10-18)19(2)16(21)13-4-3-9-20(11-13)24(22,23)15-7-5-14(17)6-8-15;/h5-8,12-13H,3-4,9-11,18H2,1-2H3;1H. The van der Waals surface area contributed by atoms with Crippen molar-refractivity contribution in [3.05, 3.63) is 30.1 Å². The number of nitrogens with two attached hydrogens (primary N) is 1. The fourth-order valence-corrected chi connectivity index (χ4v) is 4.31. The van der Waals surface area contributed by atoms with Gasteiger partial charge in [-0.15, -0.1) is 12.4 Å². The van der Waals surface area contributed by atoms with Crippen molar-refractivity contribution in [2.75, 3.05) is 26.7 Å². The minimum absolute atomic E-state index is 0. The zero-order valence-corrected chi connectivity index (χ0v) is 16.0. The van der Waals surface area contributed by atoms with Crippen LogP contribution < -0.4 is 5.73 Å². The highest BCUT2D eigenvalue weighted by atomic mass is 35.5. The molecule has 1 aliphatic heterocycles. The molecule has 142 valence electrons. The number of nitrogens with zero attached hydrogens (tertiary/aromatic N) is 2. The van der Waals surface area contributed by atoms with Crippen molar-refractivity contribution in [3.8, 4) is 0 Å². The number of amides is 1. The number of piperidine rings is 1. The Balaban J connectivity index is 0.00000312. The van der Waals surface area contributed by atoms with E-state index in [4.69, 9.17) is 5.73 Å². The topological polar surface area (TPSA) is 83.7 Å². The predicted molar refractivity (Wildman–Crippen MR) is 96.4 cm³/mol. The van der Waals surface area contributed by atoms with Crippen LogP contribution in [0.25, 0.3) is 0 Å². The lowest BCUT2D eigenvalue weighted by Crippen LogP contribution is -2.49. The van der Waals surface area contributed by atoms with Crippen molar-refractivity contribution >= 4 is 28.3 Å². The fourth-order valence-electron chi connectivity index (χ4n) is 2.78. The second-order valence-corrected chi connectivity index (χ2v) is 8.13. The molecule has 0 spiro atoms. The van der Waals surface area contributed by atoms with Crippen molar-refractivity contribution < 1.29 is 17.6 Å². The van der Waals surface area contributed by atoms with Gasteiger partial charge in [-0.05, 0) is 44.0 Å². The Hall–Kier alpha value is -1.22. The lowest BCUT2D eigenvalue weighted by Gasteiger charge is -2.34. The number of carbonyl (C=O) groups excluding carboxylic acids is 1. The van der Waals surface area contributed by atoms with Gasteiger partial charge in [0.2, 0.25) is 15.9 Å². The van der Waals surface area contributed by atoms with Gasteiger partial charge in [0.15, 0.2) is 0 Å². The molecule has 2 N–H and O–H groups in total. The van der Waals surface area contributed by atoms with Gasteiger partial charge >= 0.3 is 0 Å². The summed E-state index contributed by atoms with van der Waals surface area (Å²) in [5.74, 6) is -0.960. The molecule has 0 saturated carbocycles. The van der Waals surface area contributed by atoms with Crippen LogP contribution in [0.15, 0.2) is 29.2 Å². The maximum absolute atomic E-state index is 13.0. The number of carbonyl (C=O) groups is 1. The Morgan fingerprint density at radius 2 is 2.00 bits per heavy atom. The van der Waals surface area contributed by atoms with E-state index in [0.29, 0.717) is 25.9 Å². The first-order chi connectivity index (χ1) is 11.3. The SMILES string of the molecule is CC(CN)N(C)C(=O)C1CCCN(S(=O)(=O)c2ccc(F)cc2)C1.Cl. The van der Waals surface area contributed by atoms with Crippen LogP contribution in [0.4, 0.5) is 4.39 Å². The second kappa shape index (κ2) is 8.93. The fraction of sp³-hybridized carbons (Fsp3) is 0.562. The largest absolute Gasteiger partial charge is 0.342 e. The molecule has 2 unspecified atom stereocenters. The molecule has 1 aromatic carbocycles. The zero-order chi connectivity index (χ0) is 17.9. The summed E-state index contributed by atoms with van der Waals surface area (Å²) in [6.07, 6.45) is 1.26. The molecule has 9 heteroatoms. The third-order valence-electron chi connectivity index (χ3n) is 4.53. The van der Waals surface area contributed by atoms with E-state index in [2.05, 4.69) is 0 Å². The first-order valence-electron chi connectivity index (χ1n) is 7.99. The Morgan fingerprint density at radius 3 is 2.56 bits per heavy atom. The summed E-state index contributed by atoms with van der Waals surface area (Å²) in [5, 5.41) is 0. The Kier molecular flexibility index (Phi) is 7.80. The summed E-state index contributed by atoms with van der Waals surface area (Å²) < 4.78 is 39.7. The molecule has 1 fully saturated rings. The van der Waals surface area contributed by atoms with Crippen LogP contribution in [0, 0.1) is 11.7 Å². The maximum atomic E-state index is 13.0. The molecule has 0 bridgehead atoms. The van der Waals surface area contributed by atoms with Crippen LogP contribution in [-0.2, 0) is 14.8 Å². The molecule has 1 aromatic rings. The predicted octanol–water partition coefficient (Wildman–Crippen LogP) is 1.45. The second-order valence-electron chi connectivity index (χ2n) is 6.19. The van der Waals surface area contributed by atoms with Gasteiger partial charge in [-0.3, -0.25) is 4.79 Å². The molecule has 0 aromatic heterocycles. The lowest BCUT2D eigenvalue weighted by atomic mass is 9.97.